The lowest BCUT2D eigenvalue weighted by atomic mass is 10.3. The summed E-state index contributed by atoms with van der Waals surface area (Å²) >= 11 is 1.42. The number of hydrogen-bond acceptors (Lipinski definition) is 4. The average Bonchev–Trinajstić information content (AvgIpc) is 2.18. The Morgan fingerprint density at radius 1 is 1.55 bits per heavy atom. The highest BCUT2D eigenvalue weighted by Crippen LogP contribution is 2.25. The number of hydrogen-bond donors (Lipinski definition) is 2. The number of nitrogens with two attached hydrogens (primary N) is 1. The Bertz CT molecular complexity index is 242. The predicted molar refractivity (Wildman–Crippen MR) is 50.0 cm³/mol. The average molecular weight is 171 g/mol. The van der Waals surface area contributed by atoms with Crippen molar-refractivity contribution in [2.24, 2.45) is 0 Å². The van der Waals surface area contributed by atoms with Crippen molar-refractivity contribution in [2.45, 2.75) is 26.8 Å². The Labute approximate surface area is 70.8 Å². The van der Waals surface area contributed by atoms with Crippen molar-refractivity contribution in [3.8, 4) is 0 Å². The molecule has 0 fully saturated rings. The molecule has 3 N–H and O–H groups in total. The van der Waals surface area contributed by atoms with Crippen LogP contribution in [0.2, 0.25) is 0 Å². The summed E-state index contributed by atoms with van der Waals surface area (Å²) in [6.45, 7) is 6.16. The van der Waals surface area contributed by atoms with Crippen molar-refractivity contribution in [2.75, 3.05) is 11.1 Å². The van der Waals surface area contributed by atoms with Gasteiger partial charge >= 0.3 is 0 Å². The van der Waals surface area contributed by atoms with Gasteiger partial charge in [-0.05, 0) is 32.3 Å². The van der Waals surface area contributed by atoms with Gasteiger partial charge < -0.3 is 11.1 Å². The van der Waals surface area contributed by atoms with Gasteiger partial charge in [-0.25, -0.2) is 0 Å². The highest BCUT2D eigenvalue weighted by molar-refractivity contribution is 7.10. The largest absolute Gasteiger partial charge is 0.383 e. The SMILES string of the molecule is Cc1c(N)nsc1NC(C)C. The van der Waals surface area contributed by atoms with E-state index in [9.17, 15) is 0 Å². The van der Waals surface area contributed by atoms with E-state index in [0.29, 0.717) is 11.9 Å². The summed E-state index contributed by atoms with van der Waals surface area (Å²) in [6, 6.07) is 0.438. The van der Waals surface area contributed by atoms with E-state index in [2.05, 4.69) is 23.5 Å². The van der Waals surface area contributed by atoms with Crippen LogP contribution >= 0.6 is 11.5 Å². The van der Waals surface area contributed by atoms with Crippen LogP contribution in [0.15, 0.2) is 0 Å². The maximum absolute atomic E-state index is 5.58. The van der Waals surface area contributed by atoms with E-state index in [-0.39, 0.29) is 0 Å². The number of aromatic nitrogens is 1. The highest BCUT2D eigenvalue weighted by Gasteiger charge is 2.06. The van der Waals surface area contributed by atoms with E-state index >= 15 is 0 Å². The van der Waals surface area contributed by atoms with Gasteiger partial charge in [0.2, 0.25) is 0 Å². The Balaban J connectivity index is 2.79. The molecule has 0 aromatic carbocycles. The Hall–Kier alpha value is -0.770. The van der Waals surface area contributed by atoms with Crippen molar-refractivity contribution in [1.82, 2.24) is 4.37 Å². The first-order chi connectivity index (χ1) is 5.11. The second-order valence-electron chi connectivity index (χ2n) is 2.82. The van der Waals surface area contributed by atoms with Gasteiger partial charge in [0, 0.05) is 11.6 Å². The van der Waals surface area contributed by atoms with Crippen molar-refractivity contribution < 1.29 is 0 Å². The van der Waals surface area contributed by atoms with Gasteiger partial charge in [0.05, 0.1) is 0 Å². The molecule has 0 unspecified atom stereocenters. The first-order valence-corrected chi connectivity index (χ1v) is 4.37. The van der Waals surface area contributed by atoms with E-state index in [1.807, 2.05) is 6.92 Å². The quantitative estimate of drug-likeness (QED) is 0.714. The maximum atomic E-state index is 5.58. The predicted octanol–water partition coefficient (Wildman–Crippen LogP) is 1.85. The third-order valence-corrected chi connectivity index (χ3v) is 2.27. The van der Waals surface area contributed by atoms with Crippen LogP contribution in [0.25, 0.3) is 0 Å². The van der Waals surface area contributed by atoms with Gasteiger partial charge in [-0.2, -0.15) is 4.37 Å². The molecule has 0 aliphatic heterocycles. The molecule has 0 saturated heterocycles. The third-order valence-electron chi connectivity index (χ3n) is 1.38. The summed E-state index contributed by atoms with van der Waals surface area (Å²) in [5.41, 5.74) is 6.63. The van der Waals surface area contributed by atoms with Crippen molar-refractivity contribution in [3.63, 3.8) is 0 Å². The summed E-state index contributed by atoms with van der Waals surface area (Å²) in [6.07, 6.45) is 0. The molecule has 0 spiro atoms. The summed E-state index contributed by atoms with van der Waals surface area (Å²) in [4.78, 5) is 0. The van der Waals surface area contributed by atoms with Crippen LogP contribution in [0.4, 0.5) is 10.8 Å². The van der Waals surface area contributed by atoms with Crippen LogP contribution in [0.1, 0.15) is 19.4 Å². The van der Waals surface area contributed by atoms with E-state index in [1.54, 1.807) is 0 Å². The van der Waals surface area contributed by atoms with E-state index in [1.165, 1.54) is 11.5 Å². The van der Waals surface area contributed by atoms with Crippen molar-refractivity contribution >= 4 is 22.4 Å². The zero-order valence-electron chi connectivity index (χ0n) is 7.01. The van der Waals surface area contributed by atoms with Gasteiger partial charge in [0.25, 0.3) is 0 Å². The van der Waals surface area contributed by atoms with Gasteiger partial charge in [-0.3, -0.25) is 0 Å². The number of nitrogen functional groups attached to an aromatic ring is 1. The van der Waals surface area contributed by atoms with Gasteiger partial charge in [0.1, 0.15) is 10.8 Å². The lowest BCUT2D eigenvalue weighted by Gasteiger charge is -2.06. The van der Waals surface area contributed by atoms with E-state index < -0.39 is 0 Å². The molecule has 0 bridgehead atoms. The first-order valence-electron chi connectivity index (χ1n) is 3.59. The minimum Gasteiger partial charge on any atom is -0.383 e. The van der Waals surface area contributed by atoms with Crippen LogP contribution in [0.3, 0.4) is 0 Å². The monoisotopic (exact) mass is 171 g/mol. The zero-order chi connectivity index (χ0) is 8.43. The molecule has 11 heavy (non-hydrogen) atoms. The molecule has 0 aliphatic carbocycles. The molecule has 0 radical (unpaired) electrons. The molecule has 1 aromatic rings. The second kappa shape index (κ2) is 3.09. The van der Waals surface area contributed by atoms with Crippen LogP contribution in [-0.4, -0.2) is 10.4 Å². The molecule has 0 saturated carbocycles. The standard InChI is InChI=1S/C7H13N3S/c1-4(2)9-7-5(3)6(8)10-11-7/h4,9H,1-3H3,(H2,8,10). The van der Waals surface area contributed by atoms with Gasteiger partial charge in [-0.15, -0.1) is 0 Å². The zero-order valence-corrected chi connectivity index (χ0v) is 7.83. The molecule has 62 valence electrons. The van der Waals surface area contributed by atoms with Crippen molar-refractivity contribution in [3.05, 3.63) is 5.56 Å². The number of nitrogens with zero attached hydrogens (tertiary/aromatic N) is 1. The second-order valence-corrected chi connectivity index (χ2v) is 3.59. The highest BCUT2D eigenvalue weighted by atomic mass is 32.1. The number of rotatable bonds is 2. The fraction of sp³-hybridized carbons (Fsp3) is 0.571. The van der Waals surface area contributed by atoms with E-state index in [4.69, 9.17) is 5.73 Å². The Kier molecular flexibility index (Phi) is 2.34. The molecule has 4 heteroatoms. The molecule has 3 nitrogen and oxygen atoms in total. The van der Waals surface area contributed by atoms with Crippen LogP contribution in [0.5, 0.6) is 0 Å². The molecule has 1 rings (SSSR count). The third kappa shape index (κ3) is 1.83. The fourth-order valence-corrected chi connectivity index (χ4v) is 1.60. The van der Waals surface area contributed by atoms with Crippen LogP contribution < -0.4 is 11.1 Å². The lowest BCUT2D eigenvalue weighted by molar-refractivity contribution is 0.903. The topological polar surface area (TPSA) is 50.9 Å². The Morgan fingerprint density at radius 3 is 2.55 bits per heavy atom. The fourth-order valence-electron chi connectivity index (χ4n) is 0.745. The van der Waals surface area contributed by atoms with E-state index in [0.717, 1.165) is 10.6 Å². The lowest BCUT2D eigenvalue weighted by Crippen LogP contribution is -2.09. The maximum Gasteiger partial charge on any atom is 0.142 e. The summed E-state index contributed by atoms with van der Waals surface area (Å²) in [7, 11) is 0. The number of anilines is 2. The molecular formula is C7H13N3S. The van der Waals surface area contributed by atoms with Gasteiger partial charge in [0.15, 0.2) is 0 Å². The Morgan fingerprint density at radius 2 is 2.18 bits per heavy atom. The minimum absolute atomic E-state index is 0.438. The molecule has 0 amide bonds. The molecule has 0 atom stereocenters. The molecule has 1 aromatic heterocycles. The first kappa shape index (κ1) is 8.33. The number of nitrogens with one attached hydrogen (secondary N) is 1. The van der Waals surface area contributed by atoms with Crippen LogP contribution in [0, 0.1) is 6.92 Å². The molecular weight excluding hydrogens is 158 g/mol. The van der Waals surface area contributed by atoms with Crippen molar-refractivity contribution in [1.29, 1.82) is 0 Å². The molecule has 1 heterocycles. The summed E-state index contributed by atoms with van der Waals surface area (Å²) < 4.78 is 4.03. The normalized spacial score (nSPS) is 10.5. The smallest absolute Gasteiger partial charge is 0.142 e. The van der Waals surface area contributed by atoms with Crippen LogP contribution in [-0.2, 0) is 0 Å². The minimum atomic E-state index is 0.438. The summed E-state index contributed by atoms with van der Waals surface area (Å²) in [5, 5.41) is 4.35. The molecule has 0 aliphatic rings. The van der Waals surface area contributed by atoms with Gasteiger partial charge in [-0.1, -0.05) is 0 Å². The summed E-state index contributed by atoms with van der Waals surface area (Å²) in [5.74, 6) is 0.637.